The van der Waals surface area contributed by atoms with Crippen LogP contribution in [0.2, 0.25) is 0 Å². The van der Waals surface area contributed by atoms with Gasteiger partial charge < -0.3 is 10.3 Å². The minimum Gasteiger partial charge on any atom is -0.355 e. The lowest BCUT2D eigenvalue weighted by Crippen LogP contribution is -2.38. The lowest BCUT2D eigenvalue weighted by molar-refractivity contribution is 0.672. The molecule has 0 aromatic carbocycles. The van der Waals surface area contributed by atoms with Crippen molar-refractivity contribution in [2.45, 2.75) is 0 Å². The summed E-state index contributed by atoms with van der Waals surface area (Å²) in [5.74, 6) is 8.28. The van der Waals surface area contributed by atoms with Crippen molar-refractivity contribution >= 4 is 22.4 Å². The van der Waals surface area contributed by atoms with E-state index in [2.05, 4.69) is 15.3 Å². The van der Waals surface area contributed by atoms with Crippen LogP contribution in [-0.4, -0.2) is 33.8 Å². The topological polar surface area (TPSA) is 71.2 Å². The summed E-state index contributed by atoms with van der Waals surface area (Å²) < 4.78 is 11.2. The molecule has 2 rings (SSSR count). The van der Waals surface area contributed by atoms with Crippen LogP contribution in [0, 0.1) is 0 Å². The molecule has 1 fully saturated rings. The van der Waals surface area contributed by atoms with E-state index < -0.39 is 10.8 Å². The van der Waals surface area contributed by atoms with Crippen molar-refractivity contribution in [2.24, 2.45) is 5.84 Å². The summed E-state index contributed by atoms with van der Waals surface area (Å²) in [6.07, 6.45) is 0. The molecule has 0 radical (unpaired) electrons. The summed E-state index contributed by atoms with van der Waals surface area (Å²) in [7, 11) is -0.652. The number of aromatic nitrogens is 1. The van der Waals surface area contributed by atoms with Gasteiger partial charge in [-0.1, -0.05) is 6.07 Å². The molecule has 1 aliphatic heterocycles. The lowest BCUT2D eigenvalue weighted by Gasteiger charge is -2.27. The third-order valence-corrected chi connectivity index (χ3v) is 3.66. The molecule has 1 aromatic heterocycles. The van der Waals surface area contributed by atoms with Crippen LogP contribution in [0.1, 0.15) is 0 Å². The zero-order chi connectivity index (χ0) is 10.7. The van der Waals surface area contributed by atoms with E-state index in [1.165, 1.54) is 0 Å². The molecule has 15 heavy (non-hydrogen) atoms. The molecule has 3 N–H and O–H groups in total. The van der Waals surface area contributed by atoms with Crippen LogP contribution < -0.4 is 16.2 Å². The number of nitrogens with one attached hydrogen (secondary N) is 1. The van der Waals surface area contributed by atoms with E-state index in [1.54, 1.807) is 0 Å². The van der Waals surface area contributed by atoms with Crippen molar-refractivity contribution in [1.82, 2.24) is 4.98 Å². The number of pyridine rings is 1. The number of hydrazine groups is 1. The average Bonchev–Trinajstić information content (AvgIpc) is 2.30. The number of anilines is 2. The van der Waals surface area contributed by atoms with Gasteiger partial charge in [-0.25, -0.2) is 10.8 Å². The monoisotopic (exact) mass is 226 g/mol. The third-order valence-electron chi connectivity index (χ3n) is 2.38. The molecule has 2 heterocycles. The van der Waals surface area contributed by atoms with Gasteiger partial charge in [0.05, 0.1) is 0 Å². The molecule has 82 valence electrons. The van der Waals surface area contributed by atoms with E-state index >= 15 is 0 Å². The summed E-state index contributed by atoms with van der Waals surface area (Å²) in [6, 6.07) is 5.66. The molecule has 0 atom stereocenters. The summed E-state index contributed by atoms with van der Waals surface area (Å²) in [5, 5.41) is 0. The second-order valence-corrected chi connectivity index (χ2v) is 5.06. The SMILES string of the molecule is NNc1cccc(N2CCS(=O)CC2)n1. The highest BCUT2D eigenvalue weighted by atomic mass is 32.2. The minimum absolute atomic E-state index is 0.652. The van der Waals surface area contributed by atoms with E-state index in [0.29, 0.717) is 5.82 Å². The Bertz CT molecular complexity index is 361. The quantitative estimate of drug-likeness (QED) is 0.546. The number of hydrogen-bond acceptors (Lipinski definition) is 5. The van der Waals surface area contributed by atoms with Crippen LogP contribution in [-0.2, 0) is 10.8 Å². The van der Waals surface area contributed by atoms with Crippen LogP contribution in [0.5, 0.6) is 0 Å². The zero-order valence-electron chi connectivity index (χ0n) is 8.35. The predicted molar refractivity (Wildman–Crippen MR) is 62.1 cm³/mol. The Labute approximate surface area is 91.1 Å². The normalized spacial score (nSPS) is 17.8. The van der Waals surface area contributed by atoms with Crippen LogP contribution in [0.15, 0.2) is 18.2 Å². The third kappa shape index (κ3) is 2.45. The maximum atomic E-state index is 11.2. The smallest absolute Gasteiger partial charge is 0.142 e. The highest BCUT2D eigenvalue weighted by molar-refractivity contribution is 7.85. The molecule has 6 heteroatoms. The largest absolute Gasteiger partial charge is 0.355 e. The molecule has 1 aliphatic rings. The summed E-state index contributed by atoms with van der Waals surface area (Å²) >= 11 is 0. The Balaban J connectivity index is 2.11. The first-order valence-electron chi connectivity index (χ1n) is 4.83. The standard InChI is InChI=1S/C9H14N4OS/c10-12-8-2-1-3-9(11-8)13-4-6-15(14)7-5-13/h1-3H,4-7,10H2,(H,11,12). The second kappa shape index (κ2) is 4.59. The van der Waals surface area contributed by atoms with E-state index in [4.69, 9.17) is 5.84 Å². The Hall–Kier alpha value is -1.14. The van der Waals surface area contributed by atoms with Gasteiger partial charge >= 0.3 is 0 Å². The molecule has 1 aromatic rings. The highest BCUT2D eigenvalue weighted by Gasteiger charge is 2.16. The molecular weight excluding hydrogens is 212 g/mol. The fraction of sp³-hybridized carbons (Fsp3) is 0.444. The van der Waals surface area contributed by atoms with Crippen LogP contribution >= 0.6 is 0 Å². The molecule has 0 bridgehead atoms. The first-order valence-corrected chi connectivity index (χ1v) is 6.32. The van der Waals surface area contributed by atoms with Gasteiger partial charge in [-0.2, -0.15) is 0 Å². The fourth-order valence-electron chi connectivity index (χ4n) is 1.55. The Morgan fingerprint density at radius 1 is 1.40 bits per heavy atom. The Morgan fingerprint density at radius 2 is 2.13 bits per heavy atom. The zero-order valence-corrected chi connectivity index (χ0v) is 9.17. The molecule has 0 aliphatic carbocycles. The van der Waals surface area contributed by atoms with Gasteiger partial charge in [0.1, 0.15) is 11.6 Å². The molecule has 0 unspecified atom stereocenters. The van der Waals surface area contributed by atoms with Crippen molar-refractivity contribution in [3.8, 4) is 0 Å². The lowest BCUT2D eigenvalue weighted by atomic mass is 10.4. The fourth-order valence-corrected chi connectivity index (χ4v) is 2.60. The van der Waals surface area contributed by atoms with Crippen LogP contribution in [0.3, 0.4) is 0 Å². The molecule has 5 nitrogen and oxygen atoms in total. The van der Waals surface area contributed by atoms with Gasteiger partial charge in [-0.15, -0.1) is 0 Å². The number of nitrogens with zero attached hydrogens (tertiary/aromatic N) is 2. The van der Waals surface area contributed by atoms with Gasteiger partial charge in [-0.05, 0) is 12.1 Å². The molecule has 0 saturated carbocycles. The molecule has 0 spiro atoms. The van der Waals surface area contributed by atoms with Gasteiger partial charge in [-0.3, -0.25) is 4.21 Å². The maximum absolute atomic E-state index is 11.2. The molecule has 1 saturated heterocycles. The summed E-state index contributed by atoms with van der Waals surface area (Å²) in [6.45, 7) is 1.60. The van der Waals surface area contributed by atoms with Gasteiger partial charge in [0.2, 0.25) is 0 Å². The van der Waals surface area contributed by atoms with Crippen molar-refractivity contribution in [1.29, 1.82) is 0 Å². The second-order valence-electron chi connectivity index (χ2n) is 3.36. The van der Waals surface area contributed by atoms with Crippen molar-refractivity contribution < 1.29 is 4.21 Å². The van der Waals surface area contributed by atoms with Crippen LogP contribution in [0.25, 0.3) is 0 Å². The van der Waals surface area contributed by atoms with Crippen molar-refractivity contribution in [2.75, 3.05) is 34.9 Å². The average molecular weight is 226 g/mol. The van der Waals surface area contributed by atoms with Gasteiger partial charge in [0.25, 0.3) is 0 Å². The van der Waals surface area contributed by atoms with E-state index in [0.717, 1.165) is 30.4 Å². The Kier molecular flexibility index (Phi) is 3.17. The first-order chi connectivity index (χ1) is 7.29. The Morgan fingerprint density at radius 3 is 2.80 bits per heavy atom. The number of hydrogen-bond donors (Lipinski definition) is 2. The number of rotatable bonds is 2. The summed E-state index contributed by atoms with van der Waals surface area (Å²) in [5.41, 5.74) is 2.52. The van der Waals surface area contributed by atoms with Crippen molar-refractivity contribution in [3.63, 3.8) is 0 Å². The van der Waals surface area contributed by atoms with Gasteiger partial charge in [0, 0.05) is 35.4 Å². The van der Waals surface area contributed by atoms with E-state index in [-0.39, 0.29) is 0 Å². The number of nitrogens with two attached hydrogens (primary N) is 1. The molecule has 0 amide bonds. The van der Waals surface area contributed by atoms with E-state index in [9.17, 15) is 4.21 Å². The van der Waals surface area contributed by atoms with Gasteiger partial charge in [0.15, 0.2) is 0 Å². The minimum atomic E-state index is -0.652. The summed E-state index contributed by atoms with van der Waals surface area (Å²) in [4.78, 5) is 6.46. The highest BCUT2D eigenvalue weighted by Crippen LogP contribution is 2.15. The van der Waals surface area contributed by atoms with Crippen molar-refractivity contribution in [3.05, 3.63) is 18.2 Å². The number of nitrogen functional groups attached to an aromatic ring is 1. The van der Waals surface area contributed by atoms with Crippen LogP contribution in [0.4, 0.5) is 11.6 Å². The molecular formula is C9H14N4OS. The first kappa shape index (κ1) is 10.4. The maximum Gasteiger partial charge on any atom is 0.142 e. The predicted octanol–water partition coefficient (Wildman–Crippen LogP) is -0.0641. The van der Waals surface area contributed by atoms with E-state index in [1.807, 2.05) is 18.2 Å².